The number of aromatic nitrogens is 2. The third-order valence-electron chi connectivity index (χ3n) is 4.14. The largest absolute Gasteiger partial charge is 0.339 e. The molecule has 0 saturated carbocycles. The van der Waals surface area contributed by atoms with Crippen molar-refractivity contribution in [3.63, 3.8) is 0 Å². The van der Waals surface area contributed by atoms with Crippen LogP contribution in [0.25, 0.3) is 0 Å². The van der Waals surface area contributed by atoms with Crippen molar-refractivity contribution in [2.75, 3.05) is 19.3 Å². The van der Waals surface area contributed by atoms with E-state index in [-0.39, 0.29) is 11.2 Å². The van der Waals surface area contributed by atoms with Crippen molar-refractivity contribution < 1.29 is 12.9 Å². The van der Waals surface area contributed by atoms with Crippen molar-refractivity contribution in [2.45, 2.75) is 43.8 Å². The second kappa shape index (κ2) is 5.20. The number of nitrogens with one attached hydrogen (secondary N) is 1. The molecule has 1 unspecified atom stereocenters. The monoisotopic (exact) mass is 287 g/mol. The number of nitrogens with zero attached hydrogens (tertiary/aromatic N) is 2. The van der Waals surface area contributed by atoms with E-state index >= 15 is 0 Å². The molecule has 1 aromatic heterocycles. The van der Waals surface area contributed by atoms with Crippen LogP contribution in [0.3, 0.4) is 0 Å². The van der Waals surface area contributed by atoms with Gasteiger partial charge in [-0.15, -0.1) is 0 Å². The summed E-state index contributed by atoms with van der Waals surface area (Å²) in [5.74, 6) is 0.853. The maximum atomic E-state index is 11.5. The molecule has 0 aliphatic carbocycles. The van der Waals surface area contributed by atoms with Crippen LogP contribution in [0, 0.1) is 0 Å². The summed E-state index contributed by atoms with van der Waals surface area (Å²) in [5.41, 5.74) is -0.103. The zero-order valence-corrected chi connectivity index (χ0v) is 12.5. The third-order valence-corrected chi connectivity index (χ3v) is 5.63. The summed E-state index contributed by atoms with van der Waals surface area (Å²) in [5, 5.41) is 6.46. The highest BCUT2D eigenvalue weighted by atomic mass is 32.2. The van der Waals surface area contributed by atoms with Crippen LogP contribution in [0.15, 0.2) is 4.52 Å². The molecule has 1 aliphatic rings. The smallest absolute Gasteiger partial charge is 0.232 e. The number of sulfone groups is 1. The van der Waals surface area contributed by atoms with Crippen LogP contribution in [0.5, 0.6) is 0 Å². The number of hydrogen-bond acceptors (Lipinski definition) is 6. The first-order valence-corrected chi connectivity index (χ1v) is 8.58. The van der Waals surface area contributed by atoms with Gasteiger partial charge in [0.05, 0.1) is 5.41 Å². The molecule has 1 fully saturated rings. The first-order valence-electron chi connectivity index (χ1n) is 6.63. The maximum Gasteiger partial charge on any atom is 0.232 e. The summed E-state index contributed by atoms with van der Waals surface area (Å²) in [4.78, 5) is 4.36. The minimum atomic E-state index is -3.20. The second-order valence-corrected chi connectivity index (χ2v) is 7.68. The van der Waals surface area contributed by atoms with Gasteiger partial charge in [-0.2, -0.15) is 4.98 Å². The van der Waals surface area contributed by atoms with Gasteiger partial charge in [-0.1, -0.05) is 12.1 Å². The molecule has 0 amide bonds. The van der Waals surface area contributed by atoms with Gasteiger partial charge in [-0.05, 0) is 39.3 Å². The van der Waals surface area contributed by atoms with Gasteiger partial charge in [0.1, 0.15) is 5.25 Å². The second-order valence-electron chi connectivity index (χ2n) is 5.31. The molecule has 7 heteroatoms. The normalized spacial score (nSPS) is 21.2. The quantitative estimate of drug-likeness (QED) is 0.896. The van der Waals surface area contributed by atoms with Gasteiger partial charge >= 0.3 is 0 Å². The van der Waals surface area contributed by atoms with Crippen molar-refractivity contribution in [3.05, 3.63) is 11.7 Å². The van der Waals surface area contributed by atoms with E-state index in [1.807, 2.05) is 0 Å². The summed E-state index contributed by atoms with van der Waals surface area (Å²) in [6.07, 6.45) is 3.99. The van der Waals surface area contributed by atoms with Crippen LogP contribution in [0.4, 0.5) is 0 Å². The van der Waals surface area contributed by atoms with E-state index in [9.17, 15) is 8.42 Å². The fraction of sp³-hybridized carbons (Fsp3) is 0.833. The van der Waals surface area contributed by atoms with Gasteiger partial charge in [0.15, 0.2) is 15.7 Å². The summed E-state index contributed by atoms with van der Waals surface area (Å²) in [6, 6.07) is 0. The molecule has 6 nitrogen and oxygen atoms in total. The molecule has 2 rings (SSSR count). The summed E-state index contributed by atoms with van der Waals surface area (Å²) in [7, 11) is -3.20. The molecule has 0 aromatic carbocycles. The van der Waals surface area contributed by atoms with Crippen molar-refractivity contribution in [2.24, 2.45) is 0 Å². The minimum absolute atomic E-state index is 0.103. The minimum Gasteiger partial charge on any atom is -0.339 e. The van der Waals surface area contributed by atoms with Gasteiger partial charge in [0.25, 0.3) is 0 Å². The van der Waals surface area contributed by atoms with Gasteiger partial charge in [-0.25, -0.2) is 8.42 Å². The highest BCUT2D eigenvalue weighted by Crippen LogP contribution is 2.36. The molecule has 2 heterocycles. The van der Waals surface area contributed by atoms with Crippen molar-refractivity contribution in [1.29, 1.82) is 0 Å². The lowest BCUT2D eigenvalue weighted by atomic mass is 9.76. The molecule has 0 spiro atoms. The Labute approximate surface area is 113 Å². The zero-order valence-electron chi connectivity index (χ0n) is 11.6. The van der Waals surface area contributed by atoms with Crippen LogP contribution in [0.2, 0.25) is 0 Å². The molecule has 108 valence electrons. The predicted molar refractivity (Wildman–Crippen MR) is 71.6 cm³/mol. The molecule has 1 aromatic rings. The van der Waals surface area contributed by atoms with E-state index in [1.54, 1.807) is 6.92 Å². The van der Waals surface area contributed by atoms with Crippen LogP contribution in [0.1, 0.15) is 50.1 Å². The SMILES string of the molecule is CCC1(c2nc(C(C)S(C)(=O)=O)no2)CCNCC1. The van der Waals surface area contributed by atoms with Gasteiger partial charge in [-0.3, -0.25) is 0 Å². The van der Waals surface area contributed by atoms with Crippen LogP contribution in [-0.4, -0.2) is 37.9 Å². The van der Waals surface area contributed by atoms with Crippen LogP contribution < -0.4 is 5.32 Å². The molecule has 1 saturated heterocycles. The lowest BCUT2D eigenvalue weighted by molar-refractivity contribution is 0.216. The topological polar surface area (TPSA) is 85.1 Å². The highest BCUT2D eigenvalue weighted by Gasteiger charge is 2.38. The Balaban J connectivity index is 2.29. The highest BCUT2D eigenvalue weighted by molar-refractivity contribution is 7.90. The molecule has 1 atom stereocenters. The van der Waals surface area contributed by atoms with E-state index in [2.05, 4.69) is 22.4 Å². The van der Waals surface area contributed by atoms with Gasteiger partial charge < -0.3 is 9.84 Å². The fourth-order valence-electron chi connectivity index (χ4n) is 2.43. The molecular weight excluding hydrogens is 266 g/mol. The lowest BCUT2D eigenvalue weighted by Crippen LogP contribution is -2.39. The van der Waals surface area contributed by atoms with Crippen molar-refractivity contribution >= 4 is 9.84 Å². The van der Waals surface area contributed by atoms with Gasteiger partial charge in [0, 0.05) is 6.26 Å². The molecule has 1 aliphatic heterocycles. The number of piperidine rings is 1. The molecule has 19 heavy (non-hydrogen) atoms. The Morgan fingerprint density at radius 2 is 2.05 bits per heavy atom. The van der Waals surface area contributed by atoms with Crippen molar-refractivity contribution in [1.82, 2.24) is 15.5 Å². The number of rotatable bonds is 4. The summed E-state index contributed by atoms with van der Waals surface area (Å²) >= 11 is 0. The first kappa shape index (κ1) is 14.5. The van der Waals surface area contributed by atoms with Crippen LogP contribution in [-0.2, 0) is 15.3 Å². The Kier molecular flexibility index (Phi) is 3.96. The Morgan fingerprint density at radius 3 is 2.58 bits per heavy atom. The summed E-state index contributed by atoms with van der Waals surface area (Å²) in [6.45, 7) is 5.54. The third kappa shape index (κ3) is 2.81. The predicted octanol–water partition coefficient (Wildman–Crippen LogP) is 1.21. The van der Waals surface area contributed by atoms with Gasteiger partial charge in [0.2, 0.25) is 5.89 Å². The standard InChI is InChI=1S/C12H21N3O3S/c1-4-12(5-7-13-8-6-12)11-14-10(15-18-11)9(2)19(3,16)17/h9,13H,4-8H2,1-3H3. The maximum absolute atomic E-state index is 11.5. The molecule has 0 bridgehead atoms. The van der Waals surface area contributed by atoms with E-state index in [4.69, 9.17) is 4.52 Å². The van der Waals surface area contributed by atoms with E-state index in [0.29, 0.717) is 5.89 Å². The molecular formula is C12H21N3O3S. The summed E-state index contributed by atoms with van der Waals surface area (Å²) < 4.78 is 28.4. The average Bonchev–Trinajstić information content (AvgIpc) is 2.87. The van der Waals surface area contributed by atoms with Crippen LogP contribution >= 0.6 is 0 Å². The average molecular weight is 287 g/mol. The first-order chi connectivity index (χ1) is 8.89. The van der Waals surface area contributed by atoms with E-state index in [0.717, 1.165) is 32.4 Å². The Morgan fingerprint density at radius 1 is 1.42 bits per heavy atom. The fourth-order valence-corrected chi connectivity index (χ4v) is 2.91. The Hall–Kier alpha value is -0.950. The molecule has 1 N–H and O–H groups in total. The lowest BCUT2D eigenvalue weighted by Gasteiger charge is -2.33. The van der Waals surface area contributed by atoms with E-state index < -0.39 is 15.1 Å². The Bertz CT molecular complexity index is 532. The molecule has 0 radical (unpaired) electrons. The van der Waals surface area contributed by atoms with Crippen molar-refractivity contribution in [3.8, 4) is 0 Å². The zero-order chi connectivity index (χ0) is 14.1. The van der Waals surface area contributed by atoms with E-state index in [1.165, 1.54) is 6.26 Å². The number of hydrogen-bond donors (Lipinski definition) is 1.